The molecule has 36 heavy (non-hydrogen) atoms. The molecule has 0 fully saturated rings. The van der Waals surface area contributed by atoms with E-state index in [1.165, 1.54) is 82.6 Å². The fourth-order valence-corrected chi connectivity index (χ4v) is 14.8. The average molecular weight is 498 g/mol. The van der Waals surface area contributed by atoms with Crippen LogP contribution in [-0.2, 0) is 0 Å². The molecular formula is C34H50BSi-. The summed E-state index contributed by atoms with van der Waals surface area (Å²) in [5, 5.41) is 1.70. The first-order valence-corrected chi connectivity index (χ1v) is 17.6. The van der Waals surface area contributed by atoms with E-state index in [0.29, 0.717) is 0 Å². The maximum atomic E-state index is 2.52. The smallest absolute Gasteiger partial charge is 0.0623 e. The van der Waals surface area contributed by atoms with Gasteiger partial charge in [-0.2, -0.15) is 6.32 Å². The Morgan fingerprint density at radius 1 is 0.472 bits per heavy atom. The molecule has 194 valence electrons. The van der Waals surface area contributed by atoms with Crippen LogP contribution in [-0.4, -0.2) is 13.7 Å². The third-order valence-electron chi connectivity index (χ3n) is 8.97. The Kier molecular flexibility index (Phi) is 12.1. The second kappa shape index (κ2) is 15.3. The van der Waals surface area contributed by atoms with Gasteiger partial charge in [0, 0.05) is 0 Å². The lowest BCUT2D eigenvalue weighted by molar-refractivity contribution is 0.623. The molecule has 0 aliphatic carbocycles. The molecule has 3 aromatic carbocycles. The predicted octanol–water partition coefficient (Wildman–Crippen LogP) is 8.64. The lowest BCUT2D eigenvalue weighted by Gasteiger charge is -2.58. The quantitative estimate of drug-likeness (QED) is 0.129. The highest BCUT2D eigenvalue weighted by Crippen LogP contribution is 2.35. The SMILES string of the molecule is CCCCCCCC[B-](c1ccccc1)(c1ccccc1)[Si](CCCC)(CCCC)c1ccccc1. The van der Waals surface area contributed by atoms with E-state index in [0.717, 1.165) is 0 Å². The van der Waals surface area contributed by atoms with Crippen molar-refractivity contribution in [1.29, 1.82) is 0 Å². The van der Waals surface area contributed by atoms with E-state index in [2.05, 4.69) is 112 Å². The maximum Gasteiger partial charge on any atom is 0.0623 e. The van der Waals surface area contributed by atoms with Gasteiger partial charge in [0.2, 0.25) is 0 Å². The molecule has 0 atom stereocenters. The van der Waals surface area contributed by atoms with Crippen molar-refractivity contribution in [1.82, 2.24) is 0 Å². The van der Waals surface area contributed by atoms with Crippen molar-refractivity contribution in [2.45, 2.75) is 103 Å². The molecule has 0 radical (unpaired) electrons. The highest BCUT2D eigenvalue weighted by molar-refractivity contribution is 7.55. The van der Waals surface area contributed by atoms with E-state index >= 15 is 0 Å². The van der Waals surface area contributed by atoms with E-state index in [4.69, 9.17) is 0 Å². The van der Waals surface area contributed by atoms with E-state index < -0.39 is 13.7 Å². The largest absolute Gasteiger partial charge is 0.206 e. The molecule has 0 nitrogen and oxygen atoms in total. The van der Waals surface area contributed by atoms with Gasteiger partial charge in [-0.05, 0) is 7.94 Å². The maximum absolute atomic E-state index is 2.52. The number of hydrogen-bond donors (Lipinski definition) is 0. The molecule has 0 unspecified atom stereocenters. The Morgan fingerprint density at radius 2 is 0.889 bits per heavy atom. The van der Waals surface area contributed by atoms with Crippen LogP contribution in [0, 0.1) is 0 Å². The Hall–Kier alpha value is -2.06. The molecule has 3 aromatic rings. The summed E-state index contributed by atoms with van der Waals surface area (Å²) >= 11 is 0. The molecule has 0 aliphatic heterocycles. The fraction of sp³-hybridized carbons (Fsp3) is 0.471. The summed E-state index contributed by atoms with van der Waals surface area (Å²) < 4.78 is 0. The van der Waals surface area contributed by atoms with E-state index in [-0.39, 0.29) is 0 Å². The zero-order valence-electron chi connectivity index (χ0n) is 23.4. The molecule has 0 amide bonds. The van der Waals surface area contributed by atoms with Gasteiger partial charge in [-0.3, -0.25) is 0 Å². The summed E-state index contributed by atoms with van der Waals surface area (Å²) in [4.78, 5) is 0. The Labute approximate surface area is 223 Å². The average Bonchev–Trinajstić information content (AvgIpc) is 2.95. The Balaban J connectivity index is 2.26. The van der Waals surface area contributed by atoms with E-state index in [9.17, 15) is 0 Å². The van der Waals surface area contributed by atoms with Crippen molar-refractivity contribution < 1.29 is 0 Å². The van der Waals surface area contributed by atoms with Crippen molar-refractivity contribution >= 4 is 29.8 Å². The van der Waals surface area contributed by atoms with Crippen LogP contribution in [0.1, 0.15) is 85.0 Å². The molecule has 0 aliphatic rings. The van der Waals surface area contributed by atoms with Crippen LogP contribution < -0.4 is 16.1 Å². The summed E-state index contributed by atoms with van der Waals surface area (Å²) in [6.45, 7) is 7.09. The van der Waals surface area contributed by atoms with Gasteiger partial charge in [0.05, 0.1) is 5.74 Å². The van der Waals surface area contributed by atoms with Crippen LogP contribution >= 0.6 is 0 Å². The molecule has 3 rings (SSSR count). The number of unbranched alkanes of at least 4 members (excludes halogenated alkanes) is 7. The molecule has 0 N–H and O–H groups in total. The van der Waals surface area contributed by atoms with Crippen molar-refractivity contribution in [3.8, 4) is 0 Å². The number of benzene rings is 3. The Morgan fingerprint density at radius 3 is 1.36 bits per heavy atom. The van der Waals surface area contributed by atoms with Crippen molar-refractivity contribution in [3.05, 3.63) is 91.0 Å². The Bertz CT molecular complexity index is 907. The van der Waals surface area contributed by atoms with E-state index in [1.807, 2.05) is 0 Å². The van der Waals surface area contributed by atoms with Gasteiger partial charge in [-0.1, -0.05) is 193 Å². The first-order valence-electron chi connectivity index (χ1n) is 15.1. The van der Waals surface area contributed by atoms with Gasteiger partial charge >= 0.3 is 0 Å². The van der Waals surface area contributed by atoms with Crippen molar-refractivity contribution in [2.75, 3.05) is 0 Å². The molecule has 0 spiro atoms. The monoisotopic (exact) mass is 497 g/mol. The van der Waals surface area contributed by atoms with Crippen LogP contribution in [0.3, 0.4) is 0 Å². The number of rotatable bonds is 17. The summed E-state index contributed by atoms with van der Waals surface area (Å²) in [6.07, 6.45) is 14.7. The minimum Gasteiger partial charge on any atom is -0.206 e. The molecule has 0 saturated heterocycles. The van der Waals surface area contributed by atoms with Gasteiger partial charge in [-0.25, -0.2) is 10.9 Å². The normalized spacial score (nSPS) is 12.1. The lowest BCUT2D eigenvalue weighted by Crippen LogP contribution is -2.80. The lowest BCUT2D eigenvalue weighted by atomic mass is 9.35. The van der Waals surface area contributed by atoms with Crippen LogP contribution in [0.15, 0.2) is 91.0 Å². The molecule has 0 aromatic heterocycles. The molecule has 2 heteroatoms. The highest BCUT2D eigenvalue weighted by Gasteiger charge is 2.48. The standard InChI is InChI=1S/C34H50BSi/c1-4-7-10-11-12-22-29-35(32-23-16-13-17-24-32,33-25-18-14-19-26-33)36(30-8-5-2,31-9-6-3)34-27-20-15-21-28-34/h13-21,23-28H,4-12,22,29-31H2,1-3H3/q-1. The van der Waals surface area contributed by atoms with Gasteiger partial charge in [-0.15, -0.1) is 0 Å². The first kappa shape index (κ1) is 28.5. The minimum atomic E-state index is -1.99. The summed E-state index contributed by atoms with van der Waals surface area (Å²) in [5.41, 5.74) is 2.37. The third kappa shape index (κ3) is 6.62. The summed E-state index contributed by atoms with van der Waals surface area (Å²) in [6, 6.07) is 38.3. The zero-order chi connectivity index (χ0) is 25.5. The van der Waals surface area contributed by atoms with Crippen LogP contribution in [0.5, 0.6) is 0 Å². The van der Waals surface area contributed by atoms with E-state index in [1.54, 1.807) is 16.1 Å². The third-order valence-corrected chi connectivity index (χ3v) is 15.8. The van der Waals surface area contributed by atoms with Gasteiger partial charge < -0.3 is 0 Å². The number of hydrogen-bond acceptors (Lipinski definition) is 0. The zero-order valence-corrected chi connectivity index (χ0v) is 24.4. The summed E-state index contributed by atoms with van der Waals surface area (Å²) in [5.74, 6) is 0. The first-order chi connectivity index (χ1) is 17.7. The predicted molar refractivity (Wildman–Crippen MR) is 167 cm³/mol. The van der Waals surface area contributed by atoms with Gasteiger partial charge in [0.25, 0.3) is 0 Å². The van der Waals surface area contributed by atoms with Crippen LogP contribution in [0.2, 0.25) is 18.4 Å². The molecule has 0 saturated carbocycles. The highest BCUT2D eigenvalue weighted by atomic mass is 28.3. The van der Waals surface area contributed by atoms with Crippen LogP contribution in [0.25, 0.3) is 0 Å². The summed E-state index contributed by atoms with van der Waals surface area (Å²) in [7, 11) is -1.99. The second-order valence-electron chi connectivity index (χ2n) is 11.2. The van der Waals surface area contributed by atoms with Gasteiger partial charge in [0.1, 0.15) is 0 Å². The fourth-order valence-electron chi connectivity index (χ4n) is 7.18. The minimum absolute atomic E-state index is 0.883. The molecule has 0 heterocycles. The van der Waals surface area contributed by atoms with Crippen molar-refractivity contribution in [3.63, 3.8) is 0 Å². The second-order valence-corrected chi connectivity index (χ2v) is 16.0. The van der Waals surface area contributed by atoms with Gasteiger partial charge in [0.15, 0.2) is 0 Å². The topological polar surface area (TPSA) is 0 Å². The van der Waals surface area contributed by atoms with Crippen LogP contribution in [0.4, 0.5) is 0 Å². The molecule has 0 bridgehead atoms. The molecular weight excluding hydrogens is 447 g/mol. The van der Waals surface area contributed by atoms with Crippen molar-refractivity contribution in [2.24, 2.45) is 0 Å².